The first-order chi connectivity index (χ1) is 7.15. The van der Waals surface area contributed by atoms with E-state index >= 15 is 0 Å². The van der Waals surface area contributed by atoms with Crippen molar-refractivity contribution in [3.05, 3.63) is 21.3 Å². The van der Waals surface area contributed by atoms with Crippen molar-refractivity contribution in [2.24, 2.45) is 5.73 Å². The Morgan fingerprint density at radius 3 is 2.93 bits per heavy atom. The first-order valence-corrected chi connectivity index (χ1v) is 6.12. The molecule has 3 nitrogen and oxygen atoms in total. The standard InChI is InChI=1S/C10H13ClN2OS/c11-9-2-1-8(15-9)3-4-13-6-7(12)5-10(13)14/h1-2,7H,3-6,12H2. The second-order valence-corrected chi connectivity index (χ2v) is 5.56. The van der Waals surface area contributed by atoms with Gasteiger partial charge in [0.1, 0.15) is 0 Å². The van der Waals surface area contributed by atoms with Crippen LogP contribution in [-0.4, -0.2) is 29.9 Å². The van der Waals surface area contributed by atoms with E-state index in [-0.39, 0.29) is 11.9 Å². The molecular formula is C10H13ClN2OS. The van der Waals surface area contributed by atoms with Gasteiger partial charge in [0.15, 0.2) is 0 Å². The molecule has 82 valence electrons. The monoisotopic (exact) mass is 244 g/mol. The van der Waals surface area contributed by atoms with Gasteiger partial charge in [0, 0.05) is 30.4 Å². The maximum absolute atomic E-state index is 11.4. The van der Waals surface area contributed by atoms with Crippen LogP contribution in [0.1, 0.15) is 11.3 Å². The molecule has 0 spiro atoms. The molecular weight excluding hydrogens is 232 g/mol. The number of hydrogen-bond acceptors (Lipinski definition) is 3. The van der Waals surface area contributed by atoms with Gasteiger partial charge in [0.25, 0.3) is 0 Å². The lowest BCUT2D eigenvalue weighted by Crippen LogP contribution is -2.29. The van der Waals surface area contributed by atoms with Crippen LogP contribution in [0.2, 0.25) is 4.34 Å². The molecule has 2 N–H and O–H groups in total. The Hall–Kier alpha value is -0.580. The molecule has 1 saturated heterocycles. The van der Waals surface area contributed by atoms with E-state index in [1.54, 1.807) is 11.3 Å². The van der Waals surface area contributed by atoms with Gasteiger partial charge in [-0.15, -0.1) is 11.3 Å². The van der Waals surface area contributed by atoms with Gasteiger partial charge in [-0.05, 0) is 18.6 Å². The molecule has 0 bridgehead atoms. The number of rotatable bonds is 3. The summed E-state index contributed by atoms with van der Waals surface area (Å²) in [4.78, 5) is 14.5. The van der Waals surface area contributed by atoms with Crippen LogP contribution in [0.4, 0.5) is 0 Å². The summed E-state index contributed by atoms with van der Waals surface area (Å²) < 4.78 is 0.800. The smallest absolute Gasteiger partial charge is 0.224 e. The van der Waals surface area contributed by atoms with Crippen molar-refractivity contribution < 1.29 is 4.79 Å². The highest BCUT2D eigenvalue weighted by molar-refractivity contribution is 7.16. The molecule has 0 saturated carbocycles. The molecule has 1 aromatic heterocycles. The van der Waals surface area contributed by atoms with Crippen molar-refractivity contribution in [2.75, 3.05) is 13.1 Å². The minimum atomic E-state index is 0.0180. The van der Waals surface area contributed by atoms with E-state index in [0.717, 1.165) is 17.3 Å². The maximum atomic E-state index is 11.4. The maximum Gasteiger partial charge on any atom is 0.224 e. The van der Waals surface area contributed by atoms with Crippen molar-refractivity contribution in [1.29, 1.82) is 0 Å². The lowest BCUT2D eigenvalue weighted by atomic mass is 10.3. The average Bonchev–Trinajstić information content (AvgIpc) is 2.70. The Bertz CT molecular complexity index is 366. The van der Waals surface area contributed by atoms with Gasteiger partial charge in [-0.3, -0.25) is 4.79 Å². The van der Waals surface area contributed by atoms with Crippen LogP contribution in [0.25, 0.3) is 0 Å². The number of nitrogens with zero attached hydrogens (tertiary/aromatic N) is 1. The molecule has 1 unspecified atom stereocenters. The van der Waals surface area contributed by atoms with Crippen molar-refractivity contribution in [2.45, 2.75) is 18.9 Å². The van der Waals surface area contributed by atoms with Gasteiger partial charge >= 0.3 is 0 Å². The number of carbonyl (C=O) groups excluding carboxylic acids is 1. The normalized spacial score (nSPS) is 21.3. The highest BCUT2D eigenvalue weighted by Crippen LogP contribution is 2.22. The fraction of sp³-hybridized carbons (Fsp3) is 0.500. The highest BCUT2D eigenvalue weighted by Gasteiger charge is 2.26. The zero-order chi connectivity index (χ0) is 10.8. The van der Waals surface area contributed by atoms with E-state index < -0.39 is 0 Å². The van der Waals surface area contributed by atoms with Crippen LogP contribution in [0.3, 0.4) is 0 Å². The van der Waals surface area contributed by atoms with Gasteiger partial charge in [-0.2, -0.15) is 0 Å². The molecule has 0 aromatic carbocycles. The van der Waals surface area contributed by atoms with Crippen LogP contribution in [0, 0.1) is 0 Å². The molecule has 1 aliphatic heterocycles. The lowest BCUT2D eigenvalue weighted by molar-refractivity contribution is -0.127. The Morgan fingerprint density at radius 2 is 2.40 bits per heavy atom. The van der Waals surface area contributed by atoms with E-state index in [1.165, 1.54) is 4.88 Å². The van der Waals surface area contributed by atoms with E-state index in [2.05, 4.69) is 0 Å². The third kappa shape index (κ3) is 2.71. The first kappa shape index (κ1) is 10.9. The Balaban J connectivity index is 1.86. The van der Waals surface area contributed by atoms with Crippen LogP contribution in [-0.2, 0) is 11.2 Å². The molecule has 2 rings (SSSR count). The second-order valence-electron chi connectivity index (χ2n) is 3.76. The molecule has 1 fully saturated rings. The van der Waals surface area contributed by atoms with Crippen LogP contribution in [0.15, 0.2) is 12.1 Å². The minimum Gasteiger partial charge on any atom is -0.341 e. The first-order valence-electron chi connectivity index (χ1n) is 4.93. The summed E-state index contributed by atoms with van der Waals surface area (Å²) in [5, 5.41) is 0. The summed E-state index contributed by atoms with van der Waals surface area (Å²) in [5.41, 5.74) is 5.71. The van der Waals surface area contributed by atoms with Crippen LogP contribution >= 0.6 is 22.9 Å². The zero-order valence-electron chi connectivity index (χ0n) is 8.28. The number of thiophene rings is 1. The van der Waals surface area contributed by atoms with E-state index in [1.807, 2.05) is 17.0 Å². The van der Waals surface area contributed by atoms with E-state index in [9.17, 15) is 4.79 Å². The fourth-order valence-electron chi connectivity index (χ4n) is 1.75. The van der Waals surface area contributed by atoms with Crippen molar-refractivity contribution in [1.82, 2.24) is 4.90 Å². The van der Waals surface area contributed by atoms with E-state index in [4.69, 9.17) is 17.3 Å². The predicted molar refractivity (Wildman–Crippen MR) is 62.2 cm³/mol. The van der Waals surface area contributed by atoms with Crippen molar-refractivity contribution in [3.63, 3.8) is 0 Å². The van der Waals surface area contributed by atoms with E-state index in [0.29, 0.717) is 13.0 Å². The Kier molecular flexibility index (Phi) is 3.29. The summed E-state index contributed by atoms with van der Waals surface area (Å²) >= 11 is 7.39. The van der Waals surface area contributed by atoms with Gasteiger partial charge in [0.2, 0.25) is 5.91 Å². The average molecular weight is 245 g/mol. The quantitative estimate of drug-likeness (QED) is 0.876. The molecule has 5 heteroatoms. The fourth-order valence-corrected chi connectivity index (χ4v) is 2.83. The van der Waals surface area contributed by atoms with Gasteiger partial charge in [-0.1, -0.05) is 11.6 Å². The molecule has 15 heavy (non-hydrogen) atoms. The third-order valence-electron chi connectivity index (χ3n) is 2.50. The molecule has 0 aliphatic carbocycles. The topological polar surface area (TPSA) is 46.3 Å². The van der Waals surface area contributed by atoms with Gasteiger partial charge < -0.3 is 10.6 Å². The number of likely N-dealkylation sites (tertiary alicyclic amines) is 1. The van der Waals surface area contributed by atoms with Crippen LogP contribution < -0.4 is 5.73 Å². The van der Waals surface area contributed by atoms with Gasteiger partial charge in [0.05, 0.1) is 4.34 Å². The van der Waals surface area contributed by atoms with Crippen molar-refractivity contribution in [3.8, 4) is 0 Å². The SMILES string of the molecule is NC1CC(=O)N(CCc2ccc(Cl)s2)C1. The molecule has 1 aromatic rings. The number of carbonyl (C=O) groups is 1. The second kappa shape index (κ2) is 4.51. The summed E-state index contributed by atoms with van der Waals surface area (Å²) in [6.45, 7) is 1.45. The Morgan fingerprint density at radius 1 is 1.60 bits per heavy atom. The molecule has 1 amide bonds. The predicted octanol–water partition coefficient (Wildman–Crippen LogP) is 1.50. The molecule has 1 atom stereocenters. The molecule has 1 aliphatic rings. The van der Waals surface area contributed by atoms with Crippen molar-refractivity contribution >= 4 is 28.8 Å². The number of hydrogen-bond donors (Lipinski definition) is 1. The zero-order valence-corrected chi connectivity index (χ0v) is 9.85. The summed E-state index contributed by atoms with van der Waals surface area (Å²) in [6, 6.07) is 3.91. The number of nitrogens with two attached hydrogens (primary N) is 1. The lowest BCUT2D eigenvalue weighted by Gasteiger charge is -2.14. The molecule has 2 heterocycles. The molecule has 0 radical (unpaired) electrons. The summed E-state index contributed by atoms with van der Waals surface area (Å²) in [7, 11) is 0. The summed E-state index contributed by atoms with van der Waals surface area (Å²) in [5.74, 6) is 0.171. The van der Waals surface area contributed by atoms with Crippen LogP contribution in [0.5, 0.6) is 0 Å². The summed E-state index contributed by atoms with van der Waals surface area (Å²) in [6.07, 6.45) is 1.36. The largest absolute Gasteiger partial charge is 0.341 e. The third-order valence-corrected chi connectivity index (χ3v) is 3.79. The highest BCUT2D eigenvalue weighted by atomic mass is 35.5. The number of amides is 1. The minimum absolute atomic E-state index is 0.0180. The van der Waals surface area contributed by atoms with Gasteiger partial charge in [-0.25, -0.2) is 0 Å². The Labute approximate surface area is 97.8 Å². The number of halogens is 1.